The van der Waals surface area contributed by atoms with Crippen LogP contribution in [0.5, 0.6) is 17.2 Å². The molecule has 0 spiro atoms. The lowest BCUT2D eigenvalue weighted by Crippen LogP contribution is -2.28. The van der Waals surface area contributed by atoms with Crippen LogP contribution in [0.4, 0.5) is 24.7 Å². The van der Waals surface area contributed by atoms with Crippen LogP contribution in [0.2, 0.25) is 0 Å². The van der Waals surface area contributed by atoms with Crippen molar-refractivity contribution in [2.45, 2.75) is 33.2 Å². The topological polar surface area (TPSA) is 107 Å². The number of ether oxygens (including phenoxy) is 2. The second-order valence-corrected chi connectivity index (χ2v) is 8.42. The fraction of sp³-hybridized carbons (Fsp3) is 0.231. The summed E-state index contributed by atoms with van der Waals surface area (Å²) >= 11 is 0. The molecule has 0 unspecified atom stereocenters. The summed E-state index contributed by atoms with van der Waals surface area (Å²) in [4.78, 5) is 31.5. The van der Waals surface area contributed by atoms with Crippen molar-refractivity contribution in [1.82, 2.24) is 19.9 Å². The van der Waals surface area contributed by atoms with E-state index in [9.17, 15) is 22.8 Å². The molecule has 2 aromatic heterocycles. The molecular formula is C26H24F3N5O4. The molecular weight excluding hydrogens is 503 g/mol. The Balaban J connectivity index is 1.47. The fourth-order valence-electron chi connectivity index (χ4n) is 3.76. The summed E-state index contributed by atoms with van der Waals surface area (Å²) in [6, 6.07) is 12.4. The first kappa shape index (κ1) is 26.5. The Labute approximate surface area is 215 Å². The van der Waals surface area contributed by atoms with Crippen LogP contribution in [0.3, 0.4) is 0 Å². The van der Waals surface area contributed by atoms with E-state index in [4.69, 9.17) is 4.74 Å². The number of nitrogens with zero attached hydrogens (tertiary/aromatic N) is 3. The first-order valence-corrected chi connectivity index (χ1v) is 11.5. The molecule has 0 bridgehead atoms. The maximum Gasteiger partial charge on any atom is 0.573 e. The summed E-state index contributed by atoms with van der Waals surface area (Å²) < 4.78 is 49.2. The summed E-state index contributed by atoms with van der Waals surface area (Å²) in [6.07, 6.45) is -1.68. The van der Waals surface area contributed by atoms with Crippen molar-refractivity contribution < 1.29 is 32.2 Å². The minimum Gasteiger partial charge on any atom is -0.457 e. The lowest BCUT2D eigenvalue weighted by Gasteiger charge is -2.14. The Hall–Kier alpha value is -4.61. The average molecular weight is 528 g/mol. The number of carbonyl (C=O) groups is 2. The van der Waals surface area contributed by atoms with E-state index >= 15 is 0 Å². The first-order valence-electron chi connectivity index (χ1n) is 11.5. The van der Waals surface area contributed by atoms with Gasteiger partial charge in [0.1, 0.15) is 34.9 Å². The van der Waals surface area contributed by atoms with Crippen LogP contribution in [0, 0.1) is 6.92 Å². The normalized spacial score (nSPS) is 11.3. The van der Waals surface area contributed by atoms with E-state index in [1.54, 1.807) is 19.1 Å². The van der Waals surface area contributed by atoms with Gasteiger partial charge in [0.25, 0.3) is 0 Å². The van der Waals surface area contributed by atoms with Gasteiger partial charge in [0.05, 0.1) is 11.9 Å². The number of amides is 1. The Kier molecular flexibility index (Phi) is 7.79. The molecule has 38 heavy (non-hydrogen) atoms. The number of aromatic nitrogens is 3. The van der Waals surface area contributed by atoms with Crippen LogP contribution in [0.15, 0.2) is 61.1 Å². The number of anilines is 2. The van der Waals surface area contributed by atoms with Gasteiger partial charge in [0, 0.05) is 31.0 Å². The molecule has 0 saturated heterocycles. The smallest absolute Gasteiger partial charge is 0.457 e. The highest BCUT2D eigenvalue weighted by atomic mass is 19.4. The molecule has 4 aromatic rings. The molecule has 0 fully saturated rings. The molecule has 0 aliphatic heterocycles. The highest BCUT2D eigenvalue weighted by Crippen LogP contribution is 2.32. The van der Waals surface area contributed by atoms with E-state index in [1.807, 2.05) is 22.9 Å². The molecule has 4 rings (SSSR count). The summed E-state index contributed by atoms with van der Waals surface area (Å²) in [6.45, 7) is 3.93. The number of carbonyl (C=O) groups excluding carboxylic acids is 2. The van der Waals surface area contributed by atoms with Crippen LogP contribution in [0.1, 0.15) is 18.9 Å². The van der Waals surface area contributed by atoms with Crippen molar-refractivity contribution in [2.24, 2.45) is 0 Å². The number of hydrogen-bond acceptors (Lipinski definition) is 7. The molecule has 2 N–H and O–H groups in total. The van der Waals surface area contributed by atoms with Gasteiger partial charge in [-0.05, 0) is 55.8 Å². The number of aryl methyl sites for hydroxylation is 1. The van der Waals surface area contributed by atoms with Gasteiger partial charge >= 0.3 is 6.36 Å². The van der Waals surface area contributed by atoms with E-state index in [2.05, 4.69) is 25.3 Å². The van der Waals surface area contributed by atoms with Crippen molar-refractivity contribution in [2.75, 3.05) is 11.9 Å². The zero-order valence-corrected chi connectivity index (χ0v) is 20.5. The Morgan fingerprint density at radius 2 is 1.84 bits per heavy atom. The van der Waals surface area contributed by atoms with E-state index in [0.29, 0.717) is 35.9 Å². The Bertz CT molecular complexity index is 1470. The largest absolute Gasteiger partial charge is 0.573 e. The molecule has 0 aliphatic rings. The number of alkyl halides is 3. The molecule has 2 heterocycles. The summed E-state index contributed by atoms with van der Waals surface area (Å²) in [7, 11) is 0. The minimum absolute atomic E-state index is 0.159. The maximum absolute atomic E-state index is 12.5. The molecule has 0 radical (unpaired) electrons. The second-order valence-electron chi connectivity index (χ2n) is 8.42. The van der Waals surface area contributed by atoms with Crippen LogP contribution >= 0.6 is 0 Å². The van der Waals surface area contributed by atoms with Gasteiger partial charge in [0.15, 0.2) is 5.82 Å². The average Bonchev–Trinajstić information content (AvgIpc) is 3.24. The van der Waals surface area contributed by atoms with Gasteiger partial charge < -0.3 is 24.7 Å². The molecule has 1 amide bonds. The lowest BCUT2D eigenvalue weighted by molar-refractivity contribution is -0.274. The number of ketones is 1. The standard InChI is InChI=1S/C26H24F3N5O4/c1-16-12-18(6-7-22(16)37-19-4-3-5-20(14-19)38-26(27,28)29)33-25-24-21(31-15-32-25)8-10-34(24)11-9-30-23(36)13-17(2)35/h3-8,10,12,14-15H,9,11,13H2,1-2H3,(H,30,36)(H,31,32,33). The van der Waals surface area contributed by atoms with Crippen molar-refractivity contribution in [1.29, 1.82) is 0 Å². The van der Waals surface area contributed by atoms with Gasteiger partial charge in [-0.1, -0.05) is 6.07 Å². The molecule has 2 aromatic carbocycles. The van der Waals surface area contributed by atoms with Gasteiger partial charge in [-0.2, -0.15) is 0 Å². The maximum atomic E-state index is 12.5. The highest BCUT2D eigenvalue weighted by Gasteiger charge is 2.31. The van der Waals surface area contributed by atoms with E-state index in [0.717, 1.165) is 17.1 Å². The van der Waals surface area contributed by atoms with Gasteiger partial charge in [-0.3, -0.25) is 9.59 Å². The summed E-state index contributed by atoms with van der Waals surface area (Å²) in [5.41, 5.74) is 2.86. The number of halogens is 3. The molecule has 0 aliphatic carbocycles. The molecule has 9 nitrogen and oxygen atoms in total. The van der Waals surface area contributed by atoms with Gasteiger partial charge in [0.2, 0.25) is 5.91 Å². The minimum atomic E-state index is -4.79. The van der Waals surface area contributed by atoms with Gasteiger partial charge in [-0.25, -0.2) is 9.97 Å². The second kappa shape index (κ2) is 11.2. The van der Waals surface area contributed by atoms with E-state index < -0.39 is 6.36 Å². The summed E-state index contributed by atoms with van der Waals surface area (Å²) in [5.74, 6) is 0.282. The number of fused-ring (bicyclic) bond motifs is 1. The van der Waals surface area contributed by atoms with Crippen molar-refractivity contribution in [3.8, 4) is 17.2 Å². The van der Waals surface area contributed by atoms with Crippen molar-refractivity contribution >= 4 is 34.2 Å². The molecule has 0 saturated carbocycles. The first-order chi connectivity index (χ1) is 18.1. The number of nitrogens with one attached hydrogen (secondary N) is 2. The van der Waals surface area contributed by atoms with Crippen LogP contribution in [-0.2, 0) is 16.1 Å². The van der Waals surface area contributed by atoms with Crippen molar-refractivity contribution in [3.63, 3.8) is 0 Å². The molecule has 0 atom stereocenters. The Morgan fingerprint density at radius 1 is 1.05 bits per heavy atom. The number of benzene rings is 2. The predicted molar refractivity (Wildman–Crippen MR) is 133 cm³/mol. The zero-order chi connectivity index (χ0) is 27.3. The SMILES string of the molecule is CC(=O)CC(=O)NCCn1ccc2ncnc(Nc3ccc(Oc4cccc(OC(F)(F)F)c4)c(C)c3)c21. The monoisotopic (exact) mass is 527 g/mol. The lowest BCUT2D eigenvalue weighted by atomic mass is 10.2. The fourth-order valence-corrected chi connectivity index (χ4v) is 3.76. The highest BCUT2D eigenvalue weighted by molar-refractivity contribution is 5.96. The quantitative estimate of drug-likeness (QED) is 0.271. The van der Waals surface area contributed by atoms with E-state index in [1.165, 1.54) is 31.5 Å². The van der Waals surface area contributed by atoms with Crippen LogP contribution in [-0.4, -0.2) is 39.1 Å². The zero-order valence-electron chi connectivity index (χ0n) is 20.5. The predicted octanol–water partition coefficient (Wildman–Crippen LogP) is 5.27. The number of Topliss-reactive ketones (excluding diaryl/α,β-unsaturated/α-hetero) is 1. The van der Waals surface area contributed by atoms with E-state index in [-0.39, 0.29) is 29.6 Å². The van der Waals surface area contributed by atoms with Crippen LogP contribution in [0.25, 0.3) is 11.0 Å². The number of hydrogen-bond donors (Lipinski definition) is 2. The number of rotatable bonds is 10. The Morgan fingerprint density at radius 3 is 2.58 bits per heavy atom. The van der Waals surface area contributed by atoms with Crippen molar-refractivity contribution in [3.05, 3.63) is 66.6 Å². The summed E-state index contributed by atoms with van der Waals surface area (Å²) in [5, 5.41) is 5.98. The third-order valence-electron chi connectivity index (χ3n) is 5.34. The van der Waals surface area contributed by atoms with Crippen LogP contribution < -0.4 is 20.1 Å². The molecule has 198 valence electrons. The molecule has 12 heteroatoms. The van der Waals surface area contributed by atoms with Gasteiger partial charge in [-0.15, -0.1) is 13.2 Å². The third kappa shape index (κ3) is 6.99. The third-order valence-corrected chi connectivity index (χ3v) is 5.34.